The van der Waals surface area contributed by atoms with Crippen LogP contribution in [0.5, 0.6) is 0 Å². The van der Waals surface area contributed by atoms with E-state index in [2.05, 4.69) is 36.4 Å². The number of ether oxygens (including phenoxy) is 2. The van der Waals surface area contributed by atoms with Gasteiger partial charge < -0.3 is 25.8 Å². The van der Waals surface area contributed by atoms with E-state index in [4.69, 9.17) is 38.4 Å². The molecule has 4 rings (SSSR count). The molecule has 38 heavy (non-hydrogen) atoms. The number of nitrogens with two attached hydrogens (primary N) is 1. The van der Waals surface area contributed by atoms with E-state index in [0.717, 1.165) is 0 Å². The molecule has 7 nitrogen and oxygen atoms in total. The Balaban J connectivity index is 1.70. The van der Waals surface area contributed by atoms with Crippen molar-refractivity contribution < 1.29 is 18.7 Å². The minimum atomic E-state index is -1.24. The minimum Gasteiger partial charge on any atom is -0.355 e. The van der Waals surface area contributed by atoms with E-state index in [9.17, 15) is 4.79 Å². The van der Waals surface area contributed by atoms with Crippen LogP contribution in [-0.2, 0) is 19.8 Å². The molecule has 3 heterocycles. The van der Waals surface area contributed by atoms with Crippen LogP contribution in [0.3, 0.4) is 0 Å². The van der Waals surface area contributed by atoms with Gasteiger partial charge in [-0.2, -0.15) is 0 Å². The summed E-state index contributed by atoms with van der Waals surface area (Å²) in [6.45, 7) is 10.8. The predicted octanol–water partition coefficient (Wildman–Crippen LogP) is 4.90. The number of carbonyl (C=O) groups excluding carboxylic acids is 1. The van der Waals surface area contributed by atoms with Gasteiger partial charge in [0.15, 0.2) is 5.79 Å². The lowest BCUT2D eigenvalue weighted by atomic mass is 9.70. The van der Waals surface area contributed by atoms with Crippen LogP contribution in [-0.4, -0.2) is 48.0 Å². The zero-order valence-electron chi connectivity index (χ0n) is 22.5. The molecule has 0 radical (unpaired) electrons. The van der Waals surface area contributed by atoms with Crippen LogP contribution in [0.1, 0.15) is 64.6 Å². The molecule has 0 aliphatic carbocycles. The lowest BCUT2D eigenvalue weighted by Crippen LogP contribution is -2.52. The van der Waals surface area contributed by atoms with Crippen molar-refractivity contribution in [1.82, 2.24) is 15.6 Å². The van der Waals surface area contributed by atoms with Crippen LogP contribution < -0.4 is 16.4 Å². The Kier molecular flexibility index (Phi) is 8.44. The van der Waals surface area contributed by atoms with Gasteiger partial charge in [-0.15, -0.1) is 0 Å². The number of aromatic nitrogens is 1. The van der Waals surface area contributed by atoms with Gasteiger partial charge in [-0.3, -0.25) is 9.78 Å². The first-order valence-electron chi connectivity index (χ1n) is 12.9. The summed E-state index contributed by atoms with van der Waals surface area (Å²) in [4.78, 5) is 18.3. The molecule has 1 aromatic carbocycles. The van der Waals surface area contributed by atoms with E-state index in [1.165, 1.54) is 12.3 Å². The Hall–Kier alpha value is -1.81. The molecular formula is C28H37Cl2FN4O3. The van der Waals surface area contributed by atoms with Crippen molar-refractivity contribution in [3.63, 3.8) is 0 Å². The normalized spacial score (nSPS) is 29.0. The van der Waals surface area contributed by atoms with Gasteiger partial charge in [-0.25, -0.2) is 4.39 Å². The third kappa shape index (κ3) is 6.16. The van der Waals surface area contributed by atoms with E-state index in [0.29, 0.717) is 36.7 Å². The summed E-state index contributed by atoms with van der Waals surface area (Å²) in [5.74, 6) is -2.32. The molecule has 2 aliphatic rings. The third-order valence-corrected chi connectivity index (χ3v) is 7.74. The van der Waals surface area contributed by atoms with Gasteiger partial charge in [-0.1, -0.05) is 56.1 Å². The molecule has 1 aromatic heterocycles. The van der Waals surface area contributed by atoms with Crippen LogP contribution in [0.4, 0.5) is 4.39 Å². The van der Waals surface area contributed by atoms with Crippen LogP contribution in [0, 0.1) is 11.2 Å². The van der Waals surface area contributed by atoms with Gasteiger partial charge in [0.05, 0.1) is 40.0 Å². The summed E-state index contributed by atoms with van der Waals surface area (Å²) < 4.78 is 27.1. The van der Waals surface area contributed by atoms with Gasteiger partial charge >= 0.3 is 0 Å². The molecule has 2 aromatic rings. The predicted molar refractivity (Wildman–Crippen MR) is 147 cm³/mol. The topological polar surface area (TPSA) is 98.5 Å². The Morgan fingerprint density at radius 1 is 1.26 bits per heavy atom. The van der Waals surface area contributed by atoms with Crippen molar-refractivity contribution >= 4 is 29.1 Å². The lowest BCUT2D eigenvalue weighted by Gasteiger charge is -2.38. The molecule has 4 N–H and O–H groups in total. The quantitative estimate of drug-likeness (QED) is 0.441. The van der Waals surface area contributed by atoms with Gasteiger partial charge in [0.2, 0.25) is 5.91 Å². The number of nitrogens with one attached hydrogen (secondary N) is 2. The summed E-state index contributed by atoms with van der Waals surface area (Å²) in [6, 6.07) is 7.00. The van der Waals surface area contributed by atoms with Crippen molar-refractivity contribution in [2.45, 2.75) is 82.9 Å². The van der Waals surface area contributed by atoms with Crippen molar-refractivity contribution in [1.29, 1.82) is 0 Å². The monoisotopic (exact) mass is 566 g/mol. The zero-order chi connectivity index (χ0) is 27.9. The maximum Gasteiger partial charge on any atom is 0.237 e. The number of hydrogen-bond donors (Lipinski definition) is 3. The van der Waals surface area contributed by atoms with Crippen LogP contribution in [0.25, 0.3) is 0 Å². The van der Waals surface area contributed by atoms with Gasteiger partial charge in [0, 0.05) is 24.7 Å². The van der Waals surface area contributed by atoms with Gasteiger partial charge in [0.25, 0.3) is 0 Å². The van der Waals surface area contributed by atoms with E-state index < -0.39 is 35.1 Å². The molecule has 0 unspecified atom stereocenters. The smallest absolute Gasteiger partial charge is 0.237 e. The second-order valence-corrected chi connectivity index (χ2v) is 12.8. The molecule has 0 saturated carbocycles. The number of benzene rings is 1. The number of amides is 1. The largest absolute Gasteiger partial charge is 0.355 e. The van der Waals surface area contributed by atoms with Crippen LogP contribution in [0.2, 0.25) is 10.0 Å². The van der Waals surface area contributed by atoms with E-state index in [1.54, 1.807) is 24.3 Å². The molecular weight excluding hydrogens is 530 g/mol. The lowest BCUT2D eigenvalue weighted by molar-refractivity contribution is -0.138. The number of rotatable bonds is 7. The van der Waals surface area contributed by atoms with E-state index in [-0.39, 0.29) is 28.0 Å². The molecule has 2 fully saturated rings. The van der Waals surface area contributed by atoms with Crippen LogP contribution in [0.15, 0.2) is 36.5 Å². The average Bonchev–Trinajstić information content (AvgIpc) is 3.31. The summed E-state index contributed by atoms with van der Waals surface area (Å²) in [6.07, 6.45) is 2.58. The van der Waals surface area contributed by atoms with E-state index >= 15 is 4.39 Å². The number of carbonyl (C=O) groups is 1. The van der Waals surface area contributed by atoms with Gasteiger partial charge in [0.1, 0.15) is 5.82 Å². The van der Waals surface area contributed by atoms with Crippen molar-refractivity contribution in [2.24, 2.45) is 11.1 Å². The minimum absolute atomic E-state index is 0.0339. The highest BCUT2D eigenvalue weighted by atomic mass is 35.5. The summed E-state index contributed by atoms with van der Waals surface area (Å²) in [5, 5.41) is 6.89. The molecule has 0 bridgehead atoms. The second-order valence-electron chi connectivity index (χ2n) is 11.9. The first-order valence-corrected chi connectivity index (χ1v) is 13.7. The number of pyridine rings is 1. The summed E-state index contributed by atoms with van der Waals surface area (Å²) in [7, 11) is 0. The Morgan fingerprint density at radius 2 is 2.00 bits per heavy atom. The highest BCUT2D eigenvalue weighted by Crippen LogP contribution is 2.48. The Bertz CT molecular complexity index is 1160. The molecule has 5 atom stereocenters. The highest BCUT2D eigenvalue weighted by Gasteiger charge is 2.58. The highest BCUT2D eigenvalue weighted by molar-refractivity contribution is 6.31. The molecule has 10 heteroatoms. The Morgan fingerprint density at radius 3 is 2.61 bits per heavy atom. The maximum absolute atomic E-state index is 15.6. The van der Waals surface area contributed by atoms with Crippen molar-refractivity contribution in [3.05, 3.63) is 63.6 Å². The fourth-order valence-corrected chi connectivity index (χ4v) is 5.84. The SMILES string of the molecule is CC(C)(C)C[C@@H]1N[C@@H](C(=O)NCC[C@H]2COC(C)(C)O2)[C@H](c2cccc(Cl)c2F)[C@@]1(N)c1ccc(Cl)cn1. The van der Waals surface area contributed by atoms with Crippen LogP contribution >= 0.6 is 23.2 Å². The zero-order valence-corrected chi connectivity index (χ0v) is 24.0. The first kappa shape index (κ1) is 29.2. The summed E-state index contributed by atoms with van der Waals surface area (Å²) in [5.41, 5.74) is 6.66. The summed E-state index contributed by atoms with van der Waals surface area (Å²) >= 11 is 12.3. The van der Waals surface area contributed by atoms with Crippen molar-refractivity contribution in [3.8, 4) is 0 Å². The number of hydrogen-bond acceptors (Lipinski definition) is 6. The molecule has 1 amide bonds. The van der Waals surface area contributed by atoms with Gasteiger partial charge in [-0.05, 0) is 55.9 Å². The standard InChI is InChI=1S/C28H37Cl2FN4O3/c1-26(2,3)13-21-28(32,20-10-9-16(29)14-34-20)22(18-7-6-8-19(30)23(18)31)24(35-21)25(36)33-12-11-17-15-37-27(4,5)38-17/h6-10,14,17,21-22,24,35H,11-13,15,32H2,1-5H3,(H,33,36)/t17-,21-,22-,24+,28+/m0/s1. The average molecular weight is 568 g/mol. The molecule has 208 valence electrons. The molecule has 2 saturated heterocycles. The maximum atomic E-state index is 15.6. The molecule has 0 spiro atoms. The third-order valence-electron chi connectivity index (χ3n) is 7.22. The number of halogens is 3. The van der Waals surface area contributed by atoms with E-state index in [1.807, 2.05) is 13.8 Å². The number of nitrogens with zero attached hydrogens (tertiary/aromatic N) is 1. The fourth-order valence-electron chi connectivity index (χ4n) is 5.55. The second kappa shape index (κ2) is 11.0. The fraction of sp³-hybridized carbons (Fsp3) is 0.571. The molecule has 2 aliphatic heterocycles. The Labute approximate surface area is 234 Å². The van der Waals surface area contributed by atoms with Crippen molar-refractivity contribution in [2.75, 3.05) is 13.2 Å². The first-order chi connectivity index (χ1) is 17.7.